The first-order valence-electron chi connectivity index (χ1n) is 6.32. The number of benzene rings is 1. The summed E-state index contributed by atoms with van der Waals surface area (Å²) in [6.07, 6.45) is 1.73. The summed E-state index contributed by atoms with van der Waals surface area (Å²) in [6.45, 7) is 1.81. The fourth-order valence-electron chi connectivity index (χ4n) is 2.10. The van der Waals surface area contributed by atoms with Gasteiger partial charge in [0.25, 0.3) is 5.69 Å². The van der Waals surface area contributed by atoms with E-state index in [1.807, 2.05) is 0 Å². The molecule has 5 nitrogen and oxygen atoms in total. The Morgan fingerprint density at radius 3 is 2.75 bits per heavy atom. The molecule has 0 unspecified atom stereocenters. The zero-order valence-electron chi connectivity index (χ0n) is 10.9. The molecule has 1 saturated heterocycles. The molecule has 1 aliphatic rings. The molecule has 1 aromatic rings. The Balaban J connectivity index is 2.09. The van der Waals surface area contributed by atoms with Crippen LogP contribution in [0.3, 0.4) is 0 Å². The van der Waals surface area contributed by atoms with E-state index in [2.05, 4.69) is 12.6 Å². The lowest BCUT2D eigenvalue weighted by atomic mass is 9.83. The quantitative estimate of drug-likeness (QED) is 0.514. The monoisotopic (exact) mass is 317 g/mol. The van der Waals surface area contributed by atoms with Gasteiger partial charge in [-0.25, -0.2) is 0 Å². The van der Waals surface area contributed by atoms with Crippen molar-refractivity contribution >= 4 is 29.9 Å². The molecule has 7 heteroatoms. The Labute approximate surface area is 127 Å². The second kappa shape index (κ2) is 6.65. The first-order chi connectivity index (χ1) is 9.56. The lowest BCUT2D eigenvalue weighted by molar-refractivity contribution is -0.384. The number of ether oxygens (including phenoxy) is 2. The molecule has 2 rings (SSSR count). The predicted molar refractivity (Wildman–Crippen MR) is 79.9 cm³/mol. The minimum Gasteiger partial charge on any atom is -0.491 e. The van der Waals surface area contributed by atoms with Crippen molar-refractivity contribution in [2.75, 3.05) is 25.6 Å². The zero-order chi connectivity index (χ0) is 14.6. The van der Waals surface area contributed by atoms with Crippen molar-refractivity contribution in [3.8, 4) is 5.75 Å². The van der Waals surface area contributed by atoms with E-state index < -0.39 is 4.92 Å². The van der Waals surface area contributed by atoms with E-state index >= 15 is 0 Å². The molecule has 0 atom stereocenters. The van der Waals surface area contributed by atoms with Crippen molar-refractivity contribution in [1.82, 2.24) is 0 Å². The summed E-state index contributed by atoms with van der Waals surface area (Å²) >= 11 is 10.4. The van der Waals surface area contributed by atoms with Crippen LogP contribution in [0.5, 0.6) is 5.75 Å². The number of rotatable bonds is 5. The van der Waals surface area contributed by atoms with Crippen LogP contribution < -0.4 is 4.74 Å². The first-order valence-corrected chi connectivity index (χ1v) is 7.33. The first kappa shape index (κ1) is 15.4. The van der Waals surface area contributed by atoms with Gasteiger partial charge in [0.1, 0.15) is 5.75 Å². The SMILES string of the molecule is O=[N+]([O-])c1ccc(Cl)c(OCC2(CS)CCOCC2)c1. The van der Waals surface area contributed by atoms with E-state index in [9.17, 15) is 10.1 Å². The normalized spacial score (nSPS) is 17.7. The van der Waals surface area contributed by atoms with E-state index in [1.165, 1.54) is 18.2 Å². The molecule has 110 valence electrons. The molecule has 1 heterocycles. The van der Waals surface area contributed by atoms with Gasteiger partial charge < -0.3 is 9.47 Å². The van der Waals surface area contributed by atoms with Crippen molar-refractivity contribution in [3.05, 3.63) is 33.3 Å². The molecule has 0 bridgehead atoms. The van der Waals surface area contributed by atoms with Crippen molar-refractivity contribution in [2.45, 2.75) is 12.8 Å². The lowest BCUT2D eigenvalue weighted by Crippen LogP contribution is -2.36. The molecule has 20 heavy (non-hydrogen) atoms. The van der Waals surface area contributed by atoms with Gasteiger partial charge in [0.2, 0.25) is 0 Å². The molecule has 0 spiro atoms. The van der Waals surface area contributed by atoms with E-state index in [1.54, 1.807) is 0 Å². The van der Waals surface area contributed by atoms with Gasteiger partial charge in [0, 0.05) is 24.7 Å². The maximum atomic E-state index is 10.8. The van der Waals surface area contributed by atoms with Gasteiger partial charge in [-0.2, -0.15) is 12.6 Å². The topological polar surface area (TPSA) is 61.6 Å². The number of nitro benzene ring substituents is 1. The average molecular weight is 318 g/mol. The third-order valence-corrected chi connectivity index (χ3v) is 4.53. The fourth-order valence-corrected chi connectivity index (χ4v) is 2.68. The molecule has 1 aliphatic heterocycles. The van der Waals surface area contributed by atoms with Crippen molar-refractivity contribution in [2.24, 2.45) is 5.41 Å². The predicted octanol–water partition coefficient (Wildman–Crippen LogP) is 3.35. The number of hydrogen-bond donors (Lipinski definition) is 1. The van der Waals surface area contributed by atoms with Crippen molar-refractivity contribution in [1.29, 1.82) is 0 Å². The Morgan fingerprint density at radius 1 is 1.45 bits per heavy atom. The highest BCUT2D eigenvalue weighted by Gasteiger charge is 2.32. The molecule has 0 N–H and O–H groups in total. The molecule has 0 aliphatic carbocycles. The molecule has 1 fully saturated rings. The molecular weight excluding hydrogens is 302 g/mol. The summed E-state index contributed by atoms with van der Waals surface area (Å²) in [7, 11) is 0. The number of halogens is 1. The summed E-state index contributed by atoms with van der Waals surface area (Å²) in [5.41, 5.74) is -0.0914. The highest BCUT2D eigenvalue weighted by Crippen LogP contribution is 2.35. The standard InChI is InChI=1S/C13H16ClNO4S/c14-11-2-1-10(15(16)17)7-12(11)19-8-13(9-20)3-5-18-6-4-13/h1-2,7,20H,3-6,8-9H2. The largest absolute Gasteiger partial charge is 0.491 e. The molecular formula is C13H16ClNO4S. The highest BCUT2D eigenvalue weighted by molar-refractivity contribution is 7.80. The zero-order valence-corrected chi connectivity index (χ0v) is 12.5. The molecule has 0 amide bonds. The van der Waals surface area contributed by atoms with E-state index in [4.69, 9.17) is 21.1 Å². The van der Waals surface area contributed by atoms with Crippen molar-refractivity contribution in [3.63, 3.8) is 0 Å². The van der Waals surface area contributed by atoms with Crippen LogP contribution >= 0.6 is 24.2 Å². The van der Waals surface area contributed by atoms with E-state index in [0.717, 1.165) is 12.8 Å². The minimum absolute atomic E-state index is 0.0312. The van der Waals surface area contributed by atoms with Crippen molar-refractivity contribution < 1.29 is 14.4 Å². The summed E-state index contributed by atoms with van der Waals surface area (Å²) in [5.74, 6) is 1.02. The highest BCUT2D eigenvalue weighted by atomic mass is 35.5. The van der Waals surface area contributed by atoms with Gasteiger partial charge in [-0.1, -0.05) is 11.6 Å². The Kier molecular flexibility index (Phi) is 5.12. The van der Waals surface area contributed by atoms with Gasteiger partial charge in [0.05, 0.1) is 22.6 Å². The summed E-state index contributed by atoms with van der Waals surface area (Å²) in [6, 6.07) is 4.19. The van der Waals surface area contributed by atoms with Gasteiger partial charge in [-0.15, -0.1) is 0 Å². The smallest absolute Gasteiger partial charge is 0.273 e. The van der Waals surface area contributed by atoms with Gasteiger partial charge >= 0.3 is 0 Å². The van der Waals surface area contributed by atoms with Crippen LogP contribution in [0.2, 0.25) is 5.02 Å². The molecule has 1 aromatic carbocycles. The Hall–Kier alpha value is -0.980. The maximum Gasteiger partial charge on any atom is 0.273 e. The third kappa shape index (κ3) is 3.56. The van der Waals surface area contributed by atoms with Crippen LogP contribution in [0.4, 0.5) is 5.69 Å². The summed E-state index contributed by atoms with van der Waals surface area (Å²) in [5, 5.41) is 11.1. The van der Waals surface area contributed by atoms with Crippen LogP contribution in [0.1, 0.15) is 12.8 Å². The Morgan fingerprint density at radius 2 is 2.15 bits per heavy atom. The number of hydrogen-bond acceptors (Lipinski definition) is 5. The number of nitrogens with zero attached hydrogens (tertiary/aromatic N) is 1. The summed E-state index contributed by atoms with van der Waals surface area (Å²) < 4.78 is 11.1. The van der Waals surface area contributed by atoms with Crippen LogP contribution in [0, 0.1) is 15.5 Å². The Bertz CT molecular complexity index is 491. The minimum atomic E-state index is -0.466. The molecule has 0 aromatic heterocycles. The van der Waals surface area contributed by atoms with E-state index in [0.29, 0.717) is 36.3 Å². The number of nitro groups is 1. The number of non-ortho nitro benzene ring substituents is 1. The summed E-state index contributed by atoms with van der Waals surface area (Å²) in [4.78, 5) is 10.3. The second-order valence-corrected chi connectivity index (χ2v) is 5.65. The van der Waals surface area contributed by atoms with Crippen LogP contribution in [-0.2, 0) is 4.74 Å². The number of thiol groups is 1. The maximum absolute atomic E-state index is 10.8. The van der Waals surface area contributed by atoms with Crippen LogP contribution in [-0.4, -0.2) is 30.5 Å². The molecule has 0 radical (unpaired) electrons. The van der Waals surface area contributed by atoms with Gasteiger partial charge in [-0.05, 0) is 24.7 Å². The van der Waals surface area contributed by atoms with Gasteiger partial charge in [0.15, 0.2) is 0 Å². The van der Waals surface area contributed by atoms with Crippen LogP contribution in [0.15, 0.2) is 18.2 Å². The fraction of sp³-hybridized carbons (Fsp3) is 0.538. The average Bonchev–Trinajstić information content (AvgIpc) is 2.47. The van der Waals surface area contributed by atoms with Crippen LogP contribution in [0.25, 0.3) is 0 Å². The molecule has 0 saturated carbocycles. The van der Waals surface area contributed by atoms with E-state index in [-0.39, 0.29) is 11.1 Å². The lowest BCUT2D eigenvalue weighted by Gasteiger charge is -2.35. The van der Waals surface area contributed by atoms with Gasteiger partial charge in [-0.3, -0.25) is 10.1 Å². The second-order valence-electron chi connectivity index (χ2n) is 4.93. The third-order valence-electron chi connectivity index (χ3n) is 3.55.